The molecule has 0 aliphatic carbocycles. The lowest BCUT2D eigenvalue weighted by molar-refractivity contribution is -0.209. The van der Waals surface area contributed by atoms with E-state index in [1.54, 1.807) is 0 Å². The molecule has 0 aromatic heterocycles. The van der Waals surface area contributed by atoms with Gasteiger partial charge < -0.3 is 0 Å². The molecule has 0 rings (SSSR count). The van der Waals surface area contributed by atoms with Crippen LogP contribution in [0.5, 0.6) is 0 Å². The summed E-state index contributed by atoms with van der Waals surface area (Å²) < 4.78 is 52.1. The van der Waals surface area contributed by atoms with E-state index in [4.69, 9.17) is 4.55 Å². The molecule has 0 saturated heterocycles. The van der Waals surface area contributed by atoms with E-state index in [0.717, 1.165) is 6.92 Å². The van der Waals surface area contributed by atoms with Crippen LogP contribution in [0.1, 0.15) is 6.92 Å². The van der Waals surface area contributed by atoms with Gasteiger partial charge in [0.05, 0.1) is 0 Å². The second-order valence-electron chi connectivity index (χ2n) is 1.39. The molecule has 1 unspecified atom stereocenters. The highest BCUT2D eigenvalue weighted by atomic mass is 32.2. The fourth-order valence-electron chi connectivity index (χ4n) is 0.378. The molecule has 0 heterocycles. The maximum absolute atomic E-state index is 11.5. The number of hydrogen-bond donors (Lipinski definition) is 1. The molecule has 1 N–H and O–H groups in total. The zero-order valence-corrected chi connectivity index (χ0v) is 5.87. The second kappa shape index (κ2) is 3.31. The van der Waals surface area contributed by atoms with Crippen LogP contribution in [0, 0.1) is 0 Å². The van der Waals surface area contributed by atoms with Crippen molar-refractivity contribution in [3.8, 4) is 0 Å². The molecule has 10 heavy (non-hydrogen) atoms. The fraction of sp³-hybridized carbons (Fsp3) is 1.00. The molecule has 3 nitrogen and oxygen atoms in total. The fourth-order valence-corrected chi connectivity index (χ4v) is 0.776. The minimum Gasteiger partial charge on any atom is -0.293 e. The van der Waals surface area contributed by atoms with Gasteiger partial charge in [-0.15, -0.1) is 4.31 Å². The Labute approximate surface area is 58.2 Å². The zero-order valence-electron chi connectivity index (χ0n) is 5.05. The summed E-state index contributed by atoms with van der Waals surface area (Å²) in [5, 5.41) is 0. The predicted molar refractivity (Wildman–Crippen MR) is 29.2 cm³/mol. The van der Waals surface area contributed by atoms with E-state index >= 15 is 0 Å². The topological polar surface area (TPSA) is 40.5 Å². The van der Waals surface area contributed by atoms with Crippen LogP contribution in [0.4, 0.5) is 13.2 Å². The van der Waals surface area contributed by atoms with Gasteiger partial charge in [-0.25, -0.2) is 4.21 Å². The van der Waals surface area contributed by atoms with E-state index in [-0.39, 0.29) is 0 Å². The summed E-state index contributed by atoms with van der Waals surface area (Å²) in [4.78, 5) is 0. The Morgan fingerprint density at radius 3 is 2.00 bits per heavy atom. The van der Waals surface area contributed by atoms with E-state index in [1.165, 1.54) is 0 Å². The summed E-state index contributed by atoms with van der Waals surface area (Å²) in [6.45, 7) is 0.605. The number of rotatable bonds is 2. The molecule has 62 valence electrons. The minimum atomic E-state index is -4.73. The quantitative estimate of drug-likeness (QED) is 0.504. The van der Waals surface area contributed by atoms with E-state index in [2.05, 4.69) is 0 Å². The summed E-state index contributed by atoms with van der Waals surface area (Å²) in [5.74, 6) is 0. The van der Waals surface area contributed by atoms with E-state index in [1.807, 2.05) is 0 Å². The smallest absolute Gasteiger partial charge is 0.293 e. The van der Waals surface area contributed by atoms with Crippen molar-refractivity contribution in [1.29, 1.82) is 0 Å². The Morgan fingerprint density at radius 2 is 2.00 bits per heavy atom. The van der Waals surface area contributed by atoms with Crippen molar-refractivity contribution in [1.82, 2.24) is 4.31 Å². The largest absolute Gasteiger partial charge is 0.473 e. The third kappa shape index (κ3) is 2.63. The molecule has 0 amide bonds. The van der Waals surface area contributed by atoms with Crippen LogP contribution < -0.4 is 0 Å². The molecule has 0 fully saturated rings. The van der Waals surface area contributed by atoms with Crippen molar-refractivity contribution in [2.24, 2.45) is 0 Å². The Kier molecular flexibility index (Phi) is 3.26. The first-order valence-corrected chi connectivity index (χ1v) is 3.41. The van der Waals surface area contributed by atoms with Crippen molar-refractivity contribution in [3.63, 3.8) is 0 Å². The molecule has 1 atom stereocenters. The van der Waals surface area contributed by atoms with E-state index in [0.29, 0.717) is 0 Å². The van der Waals surface area contributed by atoms with Crippen molar-refractivity contribution in [2.45, 2.75) is 13.2 Å². The summed E-state index contributed by atoms with van der Waals surface area (Å²) >= 11 is -2.96. The SMILES string of the molecule is CCN(S(=O)O)C(F)(F)F. The first-order chi connectivity index (χ1) is 4.39. The number of alkyl halides is 3. The highest BCUT2D eigenvalue weighted by Crippen LogP contribution is 2.21. The monoisotopic (exact) mass is 177 g/mol. The number of nitrogens with zero attached hydrogens (tertiary/aromatic N) is 1. The van der Waals surface area contributed by atoms with E-state index in [9.17, 15) is 17.4 Å². The van der Waals surface area contributed by atoms with Gasteiger partial charge in [0.15, 0.2) is 0 Å². The summed E-state index contributed by atoms with van der Waals surface area (Å²) in [5.41, 5.74) is 0. The van der Waals surface area contributed by atoms with Crippen LogP contribution in [0.3, 0.4) is 0 Å². The maximum Gasteiger partial charge on any atom is 0.473 e. The second-order valence-corrected chi connectivity index (χ2v) is 2.30. The molecule has 0 radical (unpaired) electrons. The Bertz CT molecular complexity index is 136. The molecule has 0 aliphatic heterocycles. The molecule has 0 aliphatic rings. The minimum absolute atomic E-state index is 0.493. The van der Waals surface area contributed by atoms with Gasteiger partial charge in [0, 0.05) is 6.54 Å². The third-order valence-corrected chi connectivity index (χ3v) is 1.60. The van der Waals surface area contributed by atoms with E-state index < -0.39 is 28.4 Å². The Balaban J connectivity index is 4.22. The van der Waals surface area contributed by atoms with Crippen LogP contribution in [0.25, 0.3) is 0 Å². The molecule has 0 bridgehead atoms. The third-order valence-electron chi connectivity index (χ3n) is 0.759. The van der Waals surface area contributed by atoms with Gasteiger partial charge in [-0.05, 0) is 0 Å². The van der Waals surface area contributed by atoms with Gasteiger partial charge >= 0.3 is 6.30 Å². The van der Waals surface area contributed by atoms with Gasteiger partial charge in [0.1, 0.15) is 0 Å². The van der Waals surface area contributed by atoms with Crippen LogP contribution in [-0.4, -0.2) is 25.9 Å². The highest BCUT2D eigenvalue weighted by Gasteiger charge is 2.39. The zero-order chi connectivity index (χ0) is 8.36. The van der Waals surface area contributed by atoms with Crippen molar-refractivity contribution in [2.75, 3.05) is 6.54 Å². The average molecular weight is 177 g/mol. The first kappa shape index (κ1) is 9.86. The van der Waals surface area contributed by atoms with Crippen LogP contribution >= 0.6 is 0 Å². The number of hydrogen-bond acceptors (Lipinski definition) is 1. The predicted octanol–water partition coefficient (Wildman–Crippen LogP) is 0.965. The van der Waals surface area contributed by atoms with Gasteiger partial charge in [-0.1, -0.05) is 6.92 Å². The molecule has 7 heteroatoms. The van der Waals surface area contributed by atoms with Gasteiger partial charge in [0.2, 0.25) is 11.3 Å². The molecule has 0 aromatic carbocycles. The molecule has 0 saturated carbocycles. The molecule has 0 spiro atoms. The molecular formula is C3H6F3NO2S. The Hall–Kier alpha value is -0.140. The van der Waals surface area contributed by atoms with Crippen LogP contribution in [0.2, 0.25) is 0 Å². The molecular weight excluding hydrogens is 171 g/mol. The lowest BCUT2D eigenvalue weighted by Crippen LogP contribution is -2.38. The van der Waals surface area contributed by atoms with Crippen molar-refractivity contribution in [3.05, 3.63) is 0 Å². The lowest BCUT2D eigenvalue weighted by Gasteiger charge is -2.17. The Morgan fingerprint density at radius 1 is 1.60 bits per heavy atom. The summed E-state index contributed by atoms with van der Waals surface area (Å²) in [7, 11) is 0. The lowest BCUT2D eigenvalue weighted by atomic mass is 10.7. The van der Waals surface area contributed by atoms with Crippen LogP contribution in [-0.2, 0) is 11.3 Å². The average Bonchev–Trinajstić information content (AvgIpc) is 1.60. The maximum atomic E-state index is 11.5. The normalized spacial score (nSPS) is 15.8. The standard InChI is InChI=1S/C3H6F3NO2S/c1-2-7(10(8)9)3(4,5)6/h2H2,1H3,(H,8,9). The van der Waals surface area contributed by atoms with Crippen molar-refractivity contribution < 1.29 is 21.9 Å². The first-order valence-electron chi connectivity index (χ1n) is 2.35. The summed E-state index contributed by atoms with van der Waals surface area (Å²) in [6, 6.07) is 0. The number of halogens is 3. The van der Waals surface area contributed by atoms with Gasteiger partial charge in [-0.2, -0.15) is 13.2 Å². The van der Waals surface area contributed by atoms with Crippen LogP contribution in [0.15, 0.2) is 0 Å². The highest BCUT2D eigenvalue weighted by molar-refractivity contribution is 7.76. The summed E-state index contributed by atoms with van der Waals surface area (Å²) in [6.07, 6.45) is -4.73. The van der Waals surface area contributed by atoms with Gasteiger partial charge in [-0.3, -0.25) is 4.55 Å². The van der Waals surface area contributed by atoms with Crippen molar-refractivity contribution >= 4 is 11.3 Å². The molecule has 0 aromatic rings. The van der Waals surface area contributed by atoms with Gasteiger partial charge in [0.25, 0.3) is 0 Å².